The molecule has 2 aromatic heterocycles. The lowest BCUT2D eigenvalue weighted by atomic mass is 9.33. The van der Waals surface area contributed by atoms with Crippen molar-refractivity contribution in [1.29, 1.82) is 0 Å². The summed E-state index contributed by atoms with van der Waals surface area (Å²) < 4.78 is 2.39. The Kier molecular flexibility index (Phi) is 13.2. The highest BCUT2D eigenvalue weighted by atomic mass is 15.2. The minimum Gasteiger partial charge on any atom is -0.311 e. The van der Waals surface area contributed by atoms with E-state index in [9.17, 15) is 0 Å². The fourth-order valence-corrected chi connectivity index (χ4v) is 14.4. The topological polar surface area (TPSA) is 50.1 Å². The van der Waals surface area contributed by atoms with Crippen LogP contribution in [-0.4, -0.2) is 26.2 Å². The molecule has 2 aliphatic heterocycles. The predicted octanol–water partition coefficient (Wildman–Crippen LogP) is 20.4. The van der Waals surface area contributed by atoms with Crippen LogP contribution in [0.2, 0.25) is 0 Å². The van der Waals surface area contributed by atoms with Gasteiger partial charge in [-0.3, -0.25) is 0 Å². The van der Waals surface area contributed by atoms with Crippen molar-refractivity contribution in [3.63, 3.8) is 0 Å². The first-order chi connectivity index (χ1) is 46.6. The van der Waals surface area contributed by atoms with Gasteiger partial charge in [-0.2, -0.15) is 0 Å². The first kappa shape index (κ1) is 54.5. The van der Waals surface area contributed by atoms with E-state index in [0.29, 0.717) is 17.5 Å². The lowest BCUT2D eigenvalue weighted by Gasteiger charge is -2.44. The van der Waals surface area contributed by atoms with Gasteiger partial charge in [0.2, 0.25) is 0 Å². The number of benzene rings is 14. The highest BCUT2D eigenvalue weighted by molar-refractivity contribution is 7.00. The van der Waals surface area contributed by atoms with Crippen LogP contribution in [0.25, 0.3) is 117 Å². The molecule has 14 aromatic carbocycles. The van der Waals surface area contributed by atoms with Crippen molar-refractivity contribution in [2.45, 2.75) is 0 Å². The summed E-state index contributed by atoms with van der Waals surface area (Å²) in [5, 5.41) is 2.28. The van der Waals surface area contributed by atoms with E-state index < -0.39 is 0 Å². The number of fused-ring (bicyclic) bond motifs is 7. The molecular formula is C87H57BN6. The maximum Gasteiger partial charge on any atom is 0.252 e. The van der Waals surface area contributed by atoms with Crippen LogP contribution < -0.4 is 26.2 Å². The highest BCUT2D eigenvalue weighted by Crippen LogP contribution is 2.49. The largest absolute Gasteiger partial charge is 0.311 e. The number of anilines is 6. The average molecular weight is 1200 g/mol. The van der Waals surface area contributed by atoms with E-state index in [0.717, 1.165) is 89.4 Å². The van der Waals surface area contributed by atoms with E-state index >= 15 is 0 Å². The van der Waals surface area contributed by atoms with Crippen molar-refractivity contribution in [3.8, 4) is 95.5 Å². The molecule has 0 radical (unpaired) electrons. The summed E-state index contributed by atoms with van der Waals surface area (Å²) in [4.78, 5) is 20.7. The molecule has 6 nitrogen and oxygen atoms in total. The first-order valence-electron chi connectivity index (χ1n) is 32.1. The SMILES string of the molecule is c1ccc(-c2ccc(N3c4ccc(-c5ccccc5)cc4B4c5cc(-c6ccccc6)ccc5N(c5ccc(-c6ccccc6)cc5)c5cc(-c6ccc7c(c6)c6ccccc6n7-c6ccccc6-c6nc(-c7ccccc7)nc(-c7ccccc7)n6)cc3c54)cc2)cc1. The van der Waals surface area contributed by atoms with Crippen molar-refractivity contribution < 1.29 is 0 Å². The van der Waals surface area contributed by atoms with Crippen LogP contribution in [0, 0.1) is 0 Å². The minimum absolute atomic E-state index is 0.145. The van der Waals surface area contributed by atoms with E-state index in [1.165, 1.54) is 60.9 Å². The van der Waals surface area contributed by atoms with Gasteiger partial charge in [-0.25, -0.2) is 15.0 Å². The van der Waals surface area contributed by atoms with Gasteiger partial charge < -0.3 is 14.4 Å². The summed E-state index contributed by atoms with van der Waals surface area (Å²) in [7, 11) is 0. The maximum atomic E-state index is 5.26. The fourth-order valence-electron chi connectivity index (χ4n) is 14.4. The second kappa shape index (κ2) is 22.8. The van der Waals surface area contributed by atoms with Crippen LogP contribution >= 0.6 is 0 Å². The zero-order valence-corrected chi connectivity index (χ0v) is 51.2. The lowest BCUT2D eigenvalue weighted by molar-refractivity contribution is 1.06. The monoisotopic (exact) mass is 1200 g/mol. The van der Waals surface area contributed by atoms with Crippen LogP contribution in [0.5, 0.6) is 0 Å². The second-order valence-electron chi connectivity index (χ2n) is 24.3. The Bertz CT molecular complexity index is 5270. The highest BCUT2D eigenvalue weighted by Gasteiger charge is 2.44. The van der Waals surface area contributed by atoms with Gasteiger partial charge >= 0.3 is 0 Å². The van der Waals surface area contributed by atoms with Crippen molar-refractivity contribution in [3.05, 3.63) is 346 Å². The molecule has 0 bridgehead atoms. The lowest BCUT2D eigenvalue weighted by Crippen LogP contribution is -2.61. The zero-order valence-electron chi connectivity index (χ0n) is 51.2. The van der Waals surface area contributed by atoms with Crippen LogP contribution in [0.1, 0.15) is 0 Å². The Morgan fingerprint density at radius 3 is 1.07 bits per heavy atom. The number of hydrogen-bond donors (Lipinski definition) is 0. The molecule has 0 fully saturated rings. The summed E-state index contributed by atoms with van der Waals surface area (Å²) in [6, 6.07) is 125. The van der Waals surface area contributed by atoms with Crippen LogP contribution in [0.3, 0.4) is 0 Å². The van der Waals surface area contributed by atoms with Gasteiger partial charge in [-0.05, 0) is 151 Å². The average Bonchev–Trinajstić information content (AvgIpc) is 0.758. The summed E-state index contributed by atoms with van der Waals surface area (Å²) >= 11 is 0. The van der Waals surface area contributed by atoms with Crippen molar-refractivity contribution in [2.24, 2.45) is 0 Å². The molecule has 0 unspecified atom stereocenters. The molecule has 0 aliphatic carbocycles. The third kappa shape index (κ3) is 9.40. The molecule has 0 N–H and O–H groups in total. The molecule has 94 heavy (non-hydrogen) atoms. The minimum atomic E-state index is -0.145. The van der Waals surface area contributed by atoms with Gasteiger partial charge in [0.25, 0.3) is 6.71 Å². The van der Waals surface area contributed by atoms with Crippen molar-refractivity contribution in [1.82, 2.24) is 19.5 Å². The third-order valence-corrected chi connectivity index (χ3v) is 18.8. The Hall–Kier alpha value is -12.4. The van der Waals surface area contributed by atoms with Gasteiger partial charge in [0, 0.05) is 61.6 Å². The Morgan fingerprint density at radius 2 is 0.585 bits per heavy atom. The first-order valence-corrected chi connectivity index (χ1v) is 32.1. The Labute approximate surface area is 546 Å². The number of para-hydroxylation sites is 2. The molecule has 7 heteroatoms. The molecule has 4 heterocycles. The fraction of sp³-hybridized carbons (Fsp3) is 0. The maximum absolute atomic E-state index is 5.26. The molecular weight excluding hydrogens is 1140 g/mol. The molecule has 0 atom stereocenters. The summed E-state index contributed by atoms with van der Waals surface area (Å²) in [6.07, 6.45) is 0. The van der Waals surface area contributed by atoms with Gasteiger partial charge in [0.05, 0.1) is 16.7 Å². The third-order valence-electron chi connectivity index (χ3n) is 18.8. The molecule has 0 saturated carbocycles. The standard InChI is InChI=1S/C87H57BN6/c1-7-23-58(24-8-1)62-39-46-70(47-40-62)92-80-51-44-67(60-27-11-3-12-28-60)54-75(80)88-76-55-68(61-29-13-4-14-30-61)45-52-81(76)93(71-48-41-63(42-49-71)59-25-9-2-10-26-59)83-57-69(56-82(92)84(83)88)66-43-50-79-74(53-66)72-35-19-21-37-77(72)94(79)78-38-22-20-36-73(78)87-90-85(64-31-15-5-16-32-64)89-86(91-87)65-33-17-6-18-34-65/h1-57H. The van der Waals surface area contributed by atoms with Gasteiger partial charge in [0.15, 0.2) is 17.5 Å². The van der Waals surface area contributed by atoms with Gasteiger partial charge in [-0.1, -0.05) is 267 Å². The van der Waals surface area contributed by atoms with E-state index in [2.05, 4.69) is 324 Å². The van der Waals surface area contributed by atoms with Crippen LogP contribution in [0.15, 0.2) is 346 Å². The Balaban J connectivity index is 0.875. The van der Waals surface area contributed by atoms with Gasteiger partial charge in [0.1, 0.15) is 0 Å². The summed E-state index contributed by atoms with van der Waals surface area (Å²) in [6.45, 7) is -0.145. The van der Waals surface area contributed by atoms with Crippen LogP contribution in [0.4, 0.5) is 34.1 Å². The molecule has 0 spiro atoms. The smallest absolute Gasteiger partial charge is 0.252 e. The quantitative estimate of drug-likeness (QED) is 0.121. The van der Waals surface area contributed by atoms with E-state index in [-0.39, 0.29) is 6.71 Å². The van der Waals surface area contributed by atoms with Crippen LogP contribution in [-0.2, 0) is 0 Å². The Morgan fingerprint density at radius 1 is 0.223 bits per heavy atom. The van der Waals surface area contributed by atoms with Crippen molar-refractivity contribution >= 4 is 79.0 Å². The number of nitrogens with zero attached hydrogens (tertiary/aromatic N) is 6. The predicted molar refractivity (Wildman–Crippen MR) is 392 cm³/mol. The van der Waals surface area contributed by atoms with E-state index in [1.807, 2.05) is 36.4 Å². The molecule has 16 aromatic rings. The molecule has 0 amide bonds. The molecule has 438 valence electrons. The molecule has 2 aliphatic rings. The molecule has 0 saturated heterocycles. The zero-order chi connectivity index (χ0) is 62.1. The normalized spacial score (nSPS) is 12.2. The van der Waals surface area contributed by atoms with Gasteiger partial charge in [-0.15, -0.1) is 0 Å². The molecule has 18 rings (SSSR count). The van der Waals surface area contributed by atoms with E-state index in [4.69, 9.17) is 15.0 Å². The van der Waals surface area contributed by atoms with Crippen molar-refractivity contribution in [2.75, 3.05) is 9.80 Å². The summed E-state index contributed by atoms with van der Waals surface area (Å²) in [5.74, 6) is 1.84. The number of rotatable bonds is 11. The van der Waals surface area contributed by atoms with E-state index in [1.54, 1.807) is 0 Å². The number of aromatic nitrogens is 4. The number of hydrogen-bond acceptors (Lipinski definition) is 5. The second-order valence-corrected chi connectivity index (χ2v) is 24.3. The summed E-state index contributed by atoms with van der Waals surface area (Å²) in [5.41, 5.74) is 27.9.